The zero-order chi connectivity index (χ0) is 21.5. The lowest BCUT2D eigenvalue weighted by Gasteiger charge is -2.18. The van der Waals surface area contributed by atoms with E-state index in [2.05, 4.69) is 45.8 Å². The van der Waals surface area contributed by atoms with Gasteiger partial charge >= 0.3 is 0 Å². The fourth-order valence-corrected chi connectivity index (χ4v) is 5.32. The number of fused-ring (bicyclic) bond motifs is 6. The van der Waals surface area contributed by atoms with Gasteiger partial charge in [-0.05, 0) is 36.8 Å². The first kappa shape index (κ1) is 19.8. The minimum Gasteiger partial charge on any atom is -0.356 e. The van der Waals surface area contributed by atoms with Crippen LogP contribution in [0.2, 0.25) is 0 Å². The second-order valence-electron chi connectivity index (χ2n) is 8.66. The molecular weight excluding hydrogens is 392 g/mol. The van der Waals surface area contributed by atoms with Gasteiger partial charge in [-0.3, -0.25) is 19.5 Å². The number of guanidine groups is 1. The highest BCUT2D eigenvalue weighted by Gasteiger charge is 2.58. The van der Waals surface area contributed by atoms with Gasteiger partial charge in [-0.2, -0.15) is 0 Å². The average molecular weight is 421 g/mol. The van der Waals surface area contributed by atoms with Gasteiger partial charge in [0, 0.05) is 45.5 Å². The number of allylic oxidation sites excluding steroid dienone is 2. The van der Waals surface area contributed by atoms with Crippen LogP contribution in [0.25, 0.3) is 5.65 Å². The molecule has 1 aliphatic heterocycles. The Labute approximate surface area is 181 Å². The van der Waals surface area contributed by atoms with E-state index in [0.29, 0.717) is 25.6 Å². The lowest BCUT2D eigenvalue weighted by Crippen LogP contribution is -2.44. The molecule has 2 bridgehead atoms. The minimum absolute atomic E-state index is 0.00117. The number of aryl methyl sites for hydroxylation is 1. The molecule has 5 rings (SSSR count). The maximum Gasteiger partial charge on any atom is 0.233 e. The number of imidazole rings is 1. The fraction of sp³-hybridized carbons (Fsp3) is 0.478. The van der Waals surface area contributed by atoms with Crippen LogP contribution >= 0.6 is 0 Å². The van der Waals surface area contributed by atoms with Gasteiger partial charge < -0.3 is 15.0 Å². The molecule has 31 heavy (non-hydrogen) atoms. The van der Waals surface area contributed by atoms with Crippen molar-refractivity contribution < 1.29 is 9.59 Å². The fourth-order valence-electron chi connectivity index (χ4n) is 5.32. The maximum atomic E-state index is 12.7. The zero-order valence-corrected chi connectivity index (χ0v) is 17.9. The van der Waals surface area contributed by atoms with Crippen molar-refractivity contribution in [2.45, 2.75) is 19.8 Å². The van der Waals surface area contributed by atoms with Gasteiger partial charge in [-0.1, -0.05) is 18.2 Å². The van der Waals surface area contributed by atoms with Crippen LogP contribution in [0.3, 0.4) is 0 Å². The second-order valence-corrected chi connectivity index (χ2v) is 8.66. The van der Waals surface area contributed by atoms with Crippen LogP contribution in [0.1, 0.15) is 17.7 Å². The number of pyridine rings is 1. The van der Waals surface area contributed by atoms with Crippen molar-refractivity contribution in [3.8, 4) is 0 Å². The highest BCUT2D eigenvalue weighted by Crippen LogP contribution is 2.52. The topological polar surface area (TPSA) is 91.1 Å². The molecule has 2 amide bonds. The zero-order valence-electron chi connectivity index (χ0n) is 17.9. The van der Waals surface area contributed by atoms with E-state index in [1.54, 1.807) is 7.05 Å². The molecule has 2 N–H and O–H groups in total. The number of likely N-dealkylation sites (tertiary alicyclic amines) is 1. The van der Waals surface area contributed by atoms with Gasteiger partial charge in [0.25, 0.3) is 0 Å². The third-order valence-corrected chi connectivity index (χ3v) is 6.81. The van der Waals surface area contributed by atoms with E-state index in [1.165, 1.54) is 4.90 Å². The van der Waals surface area contributed by atoms with Crippen molar-refractivity contribution in [1.82, 2.24) is 24.9 Å². The summed E-state index contributed by atoms with van der Waals surface area (Å²) in [7, 11) is 1.71. The molecule has 1 saturated heterocycles. The molecule has 2 fully saturated rings. The highest BCUT2D eigenvalue weighted by atomic mass is 16.2. The number of nitrogens with one attached hydrogen (secondary N) is 2. The molecule has 0 aromatic carbocycles. The van der Waals surface area contributed by atoms with Gasteiger partial charge in [-0.25, -0.2) is 4.98 Å². The van der Waals surface area contributed by atoms with Gasteiger partial charge in [0.1, 0.15) is 5.65 Å². The number of hydrogen-bond donors (Lipinski definition) is 2. The van der Waals surface area contributed by atoms with Crippen LogP contribution in [0.4, 0.5) is 0 Å². The summed E-state index contributed by atoms with van der Waals surface area (Å²) < 4.78 is 2.04. The molecule has 162 valence electrons. The smallest absolute Gasteiger partial charge is 0.233 e. The Morgan fingerprint density at radius 2 is 1.87 bits per heavy atom. The van der Waals surface area contributed by atoms with Crippen LogP contribution in [-0.2, 0) is 16.0 Å². The number of imide groups is 1. The van der Waals surface area contributed by atoms with E-state index < -0.39 is 0 Å². The van der Waals surface area contributed by atoms with Crippen LogP contribution < -0.4 is 10.6 Å². The van der Waals surface area contributed by atoms with Gasteiger partial charge in [-0.15, -0.1) is 0 Å². The highest BCUT2D eigenvalue weighted by molar-refractivity contribution is 6.06. The number of hydrogen-bond acceptors (Lipinski definition) is 4. The Kier molecular flexibility index (Phi) is 5.00. The van der Waals surface area contributed by atoms with Crippen molar-refractivity contribution in [3.63, 3.8) is 0 Å². The van der Waals surface area contributed by atoms with Gasteiger partial charge in [0.15, 0.2) is 5.96 Å². The van der Waals surface area contributed by atoms with Crippen molar-refractivity contribution in [2.24, 2.45) is 28.7 Å². The second kappa shape index (κ2) is 7.83. The predicted octanol–water partition coefficient (Wildman–Crippen LogP) is 1.16. The molecule has 2 aliphatic carbocycles. The summed E-state index contributed by atoms with van der Waals surface area (Å²) >= 11 is 0. The molecule has 3 aliphatic rings. The summed E-state index contributed by atoms with van der Waals surface area (Å²) in [5.74, 6) is 0.894. The summed E-state index contributed by atoms with van der Waals surface area (Å²) in [5.41, 5.74) is 3.15. The molecule has 4 unspecified atom stereocenters. The number of aromatic nitrogens is 2. The predicted molar refractivity (Wildman–Crippen MR) is 117 cm³/mol. The Hall–Kier alpha value is -3.16. The molecule has 8 nitrogen and oxygen atoms in total. The maximum absolute atomic E-state index is 12.7. The summed E-state index contributed by atoms with van der Waals surface area (Å²) in [6.07, 6.45) is 10.0. The molecule has 4 atom stereocenters. The van der Waals surface area contributed by atoms with Crippen molar-refractivity contribution in [3.05, 3.63) is 47.9 Å². The summed E-state index contributed by atoms with van der Waals surface area (Å²) in [4.78, 5) is 35.9. The molecule has 2 aromatic rings. The van der Waals surface area contributed by atoms with Crippen LogP contribution in [-0.4, -0.2) is 58.7 Å². The molecule has 0 spiro atoms. The molecule has 0 radical (unpaired) electrons. The van der Waals surface area contributed by atoms with E-state index in [4.69, 9.17) is 0 Å². The van der Waals surface area contributed by atoms with E-state index >= 15 is 0 Å². The number of rotatable bonds is 6. The van der Waals surface area contributed by atoms with E-state index in [1.807, 2.05) is 22.9 Å². The largest absolute Gasteiger partial charge is 0.356 e. The van der Waals surface area contributed by atoms with E-state index in [9.17, 15) is 9.59 Å². The minimum atomic E-state index is -0.131. The average Bonchev–Trinajstić information content (AvgIpc) is 3.52. The van der Waals surface area contributed by atoms with Crippen molar-refractivity contribution in [1.29, 1.82) is 0 Å². The Morgan fingerprint density at radius 3 is 2.55 bits per heavy atom. The summed E-state index contributed by atoms with van der Waals surface area (Å²) in [6.45, 7) is 3.59. The third kappa shape index (κ3) is 3.40. The molecule has 3 heterocycles. The first-order valence-corrected chi connectivity index (χ1v) is 11.0. The number of carbonyl (C=O) groups is 2. The van der Waals surface area contributed by atoms with E-state index in [-0.39, 0.29) is 35.5 Å². The molecule has 1 saturated carbocycles. The van der Waals surface area contributed by atoms with Gasteiger partial charge in [0.2, 0.25) is 11.8 Å². The Balaban J connectivity index is 1.10. The number of amides is 2. The van der Waals surface area contributed by atoms with Crippen LogP contribution in [0.5, 0.6) is 0 Å². The normalized spacial score (nSPS) is 26.9. The quantitative estimate of drug-likeness (QED) is 0.317. The summed E-state index contributed by atoms with van der Waals surface area (Å²) in [5, 5.41) is 6.49. The van der Waals surface area contributed by atoms with Gasteiger partial charge in [0.05, 0.1) is 17.5 Å². The molecule has 8 heteroatoms. The summed E-state index contributed by atoms with van der Waals surface area (Å²) in [6, 6.07) is 4.07. The number of nitrogens with zero attached hydrogens (tertiary/aromatic N) is 4. The lowest BCUT2D eigenvalue weighted by molar-refractivity contribution is -0.140. The number of aliphatic imine (C=N–C) groups is 1. The molecular formula is C23H28N6O2. The Morgan fingerprint density at radius 1 is 1.16 bits per heavy atom. The van der Waals surface area contributed by atoms with Crippen LogP contribution in [0.15, 0.2) is 41.7 Å². The van der Waals surface area contributed by atoms with E-state index in [0.717, 1.165) is 29.7 Å². The monoisotopic (exact) mass is 420 g/mol. The standard InChI is InChI=1S/C23H28N6O2/c1-14-4-3-10-28-13-17(27-20(14)28)7-8-25-23(24-2)26-9-11-29-21(30)18-15-5-6-16(12-15)19(18)22(29)31/h3-6,10,13,15-16,18-19H,7-9,11-12H2,1-2H3,(H2,24,25,26). The van der Waals surface area contributed by atoms with Crippen molar-refractivity contribution in [2.75, 3.05) is 26.7 Å². The van der Waals surface area contributed by atoms with Crippen molar-refractivity contribution >= 4 is 23.4 Å². The third-order valence-electron chi connectivity index (χ3n) is 6.81. The first-order chi connectivity index (χ1) is 15.1. The lowest BCUT2D eigenvalue weighted by atomic mass is 9.85. The SMILES string of the molecule is CN=C(NCCc1cn2cccc(C)c2n1)NCCN1C(=O)C2C3C=CC(C3)C2C1=O. The number of carbonyl (C=O) groups excluding carboxylic acids is 2. The Bertz CT molecular complexity index is 1060. The molecule has 2 aromatic heterocycles. The first-order valence-electron chi connectivity index (χ1n) is 11.0. The van der Waals surface area contributed by atoms with Crippen LogP contribution in [0, 0.1) is 30.6 Å².